The largest absolute Gasteiger partial charge is 2.00 e. The molecule has 0 atom stereocenters. The molecule has 73 heavy (non-hydrogen) atoms. The number of unbranched alkanes of at least 4 members (excludes halogenated alkanes) is 32. The molecule has 0 unspecified atom stereocenters. The molecule has 4 rings (SSSR count). The van der Waals surface area contributed by atoms with Crippen molar-refractivity contribution in [2.75, 3.05) is 0 Å². The van der Waals surface area contributed by atoms with Gasteiger partial charge in [0.25, 0.3) is 0 Å². The van der Waals surface area contributed by atoms with Crippen LogP contribution in [0.4, 0.5) is 0 Å². The number of benzene rings is 4. The Bertz CT molecular complexity index is 2100. The third-order valence-corrected chi connectivity index (χ3v) is 16.9. The van der Waals surface area contributed by atoms with E-state index in [0.29, 0.717) is 10.8 Å². The maximum atomic E-state index is 12.1. The summed E-state index contributed by atoms with van der Waals surface area (Å²) < 4.78 is 72.6. The summed E-state index contributed by atoms with van der Waals surface area (Å²) in [6.45, 7) is 9.00. The van der Waals surface area contributed by atoms with Gasteiger partial charge in [0.1, 0.15) is 20.2 Å². The topological polar surface area (TPSA) is 114 Å². The SMILES string of the molecule is CCCCCCCCCCCc1ccc(CCCCCCCCCCC)c2c(S(=O)(=O)[O-])cccc12.CCCCCCCCCCCc1ccc(CCCCCCCCCCC)c2c(S(=O)(=O)[O-])cccc12.[Ca+2]. The second-order valence-electron chi connectivity index (χ2n) is 21.3. The van der Waals surface area contributed by atoms with Crippen molar-refractivity contribution >= 4 is 79.5 Å². The maximum Gasteiger partial charge on any atom is 2.00 e. The van der Waals surface area contributed by atoms with Crippen molar-refractivity contribution in [2.24, 2.45) is 0 Å². The number of hydrogen-bond acceptors (Lipinski definition) is 6. The molecule has 4 aromatic carbocycles. The number of fused-ring (bicyclic) bond motifs is 2. The van der Waals surface area contributed by atoms with Crippen LogP contribution in [0.5, 0.6) is 0 Å². The predicted molar refractivity (Wildman–Crippen MR) is 313 cm³/mol. The fourth-order valence-electron chi connectivity index (χ4n) is 10.8. The maximum absolute atomic E-state index is 12.1. The first-order chi connectivity index (χ1) is 35.0. The van der Waals surface area contributed by atoms with Crippen molar-refractivity contribution in [3.05, 3.63) is 82.9 Å². The molecule has 9 heteroatoms. The van der Waals surface area contributed by atoms with Crippen LogP contribution in [-0.4, -0.2) is 63.7 Å². The summed E-state index contributed by atoms with van der Waals surface area (Å²) in [5.74, 6) is 0. The number of hydrogen-bond donors (Lipinski definition) is 0. The smallest absolute Gasteiger partial charge is 0.744 e. The minimum Gasteiger partial charge on any atom is -0.744 e. The van der Waals surface area contributed by atoms with Gasteiger partial charge in [-0.15, -0.1) is 0 Å². The van der Waals surface area contributed by atoms with Gasteiger partial charge < -0.3 is 9.11 Å². The Balaban J connectivity index is 0.000000493. The Kier molecular flexibility index (Phi) is 38.5. The summed E-state index contributed by atoms with van der Waals surface area (Å²) in [5, 5.41) is 3.28. The molecule has 0 N–H and O–H groups in total. The zero-order chi connectivity index (χ0) is 52.1. The second-order valence-corrected chi connectivity index (χ2v) is 24.0. The molecule has 0 heterocycles. The second kappa shape index (κ2) is 41.6. The molecule has 0 bridgehead atoms. The third-order valence-electron chi connectivity index (χ3n) is 15.1. The van der Waals surface area contributed by atoms with Crippen LogP contribution in [0, 0.1) is 0 Å². The molecule has 0 aromatic heterocycles. The van der Waals surface area contributed by atoms with E-state index in [1.165, 1.54) is 216 Å². The minimum absolute atomic E-state index is 0. The van der Waals surface area contributed by atoms with E-state index >= 15 is 0 Å². The van der Waals surface area contributed by atoms with Crippen molar-refractivity contribution in [1.82, 2.24) is 0 Å². The normalized spacial score (nSPS) is 11.8. The van der Waals surface area contributed by atoms with Gasteiger partial charge in [0.2, 0.25) is 0 Å². The van der Waals surface area contributed by atoms with Gasteiger partial charge in [-0.05, 0) is 96.5 Å². The van der Waals surface area contributed by atoms with Crippen LogP contribution in [0.1, 0.15) is 281 Å². The molecule has 0 saturated heterocycles. The standard InChI is InChI=1S/2C32H52O3S.Ca/c2*1-3-5-7-9-11-13-15-17-19-22-28-26-27-29(23-20-18-16-14-12-10-8-6-4-2)32-30(28)24-21-25-31(32)36(33,34)35;/h2*21,24-27H,3-20,22-23H2,1-2H3,(H,33,34,35);/q;;+2/p-2. The number of aryl methyl sites for hydroxylation is 4. The number of rotatable bonds is 42. The van der Waals surface area contributed by atoms with Crippen LogP contribution in [0.25, 0.3) is 21.5 Å². The van der Waals surface area contributed by atoms with Gasteiger partial charge in [-0.2, -0.15) is 0 Å². The first kappa shape index (κ1) is 67.6. The van der Waals surface area contributed by atoms with E-state index in [9.17, 15) is 25.9 Å². The minimum atomic E-state index is -4.51. The summed E-state index contributed by atoms with van der Waals surface area (Å²) in [6.07, 6.45) is 49.3. The quantitative estimate of drug-likeness (QED) is 0.0248. The Morgan fingerprint density at radius 3 is 0.726 bits per heavy atom. The average Bonchev–Trinajstić information content (AvgIpc) is 3.36. The fraction of sp³-hybridized carbons (Fsp3) is 0.688. The molecule has 0 radical (unpaired) electrons. The molecule has 0 fully saturated rings. The van der Waals surface area contributed by atoms with Crippen LogP contribution in [0.3, 0.4) is 0 Å². The van der Waals surface area contributed by atoms with E-state index in [1.54, 1.807) is 12.1 Å². The van der Waals surface area contributed by atoms with Gasteiger partial charge in [-0.3, -0.25) is 0 Å². The van der Waals surface area contributed by atoms with Gasteiger partial charge in [0, 0.05) is 10.8 Å². The fourth-order valence-corrected chi connectivity index (χ4v) is 12.3. The zero-order valence-electron chi connectivity index (χ0n) is 47.0. The molecule has 0 aliphatic heterocycles. The van der Waals surface area contributed by atoms with Crippen molar-refractivity contribution < 1.29 is 25.9 Å². The molecular weight excluding hydrogens is 969 g/mol. The zero-order valence-corrected chi connectivity index (χ0v) is 50.9. The summed E-state index contributed by atoms with van der Waals surface area (Å²) in [4.78, 5) is -0.0836. The van der Waals surface area contributed by atoms with Crippen LogP contribution in [0.15, 0.2) is 70.5 Å². The van der Waals surface area contributed by atoms with Crippen molar-refractivity contribution in [3.63, 3.8) is 0 Å². The van der Waals surface area contributed by atoms with Crippen LogP contribution < -0.4 is 0 Å². The van der Waals surface area contributed by atoms with Gasteiger partial charge in [0.05, 0.1) is 9.79 Å². The summed E-state index contributed by atoms with van der Waals surface area (Å²) in [7, 11) is -9.02. The van der Waals surface area contributed by atoms with E-state index in [4.69, 9.17) is 0 Å². The van der Waals surface area contributed by atoms with E-state index in [0.717, 1.165) is 86.1 Å². The Labute approximate surface area is 478 Å². The van der Waals surface area contributed by atoms with Gasteiger partial charge in [-0.25, -0.2) is 16.8 Å². The molecule has 6 nitrogen and oxygen atoms in total. The van der Waals surface area contributed by atoms with E-state index < -0.39 is 20.2 Å². The van der Waals surface area contributed by atoms with Gasteiger partial charge >= 0.3 is 37.7 Å². The first-order valence-electron chi connectivity index (χ1n) is 30.0. The van der Waals surface area contributed by atoms with Crippen molar-refractivity contribution in [3.8, 4) is 0 Å². The van der Waals surface area contributed by atoms with Crippen LogP contribution in [-0.2, 0) is 45.9 Å². The molecule has 408 valence electrons. The molecule has 0 spiro atoms. The summed E-state index contributed by atoms with van der Waals surface area (Å²) in [5.41, 5.74) is 4.38. The Morgan fingerprint density at radius 1 is 0.288 bits per heavy atom. The molecule has 4 aromatic rings. The molecule has 0 amide bonds. The monoisotopic (exact) mass is 1070 g/mol. The molecule has 0 saturated carbocycles. The van der Waals surface area contributed by atoms with Crippen LogP contribution >= 0.6 is 0 Å². The van der Waals surface area contributed by atoms with Gasteiger partial charge in [-0.1, -0.05) is 282 Å². The first-order valence-corrected chi connectivity index (χ1v) is 32.8. The average molecular weight is 1070 g/mol. The van der Waals surface area contributed by atoms with E-state index in [2.05, 4.69) is 52.0 Å². The molecular formula is C64H102CaO6S2. The van der Waals surface area contributed by atoms with E-state index in [-0.39, 0.29) is 47.5 Å². The summed E-state index contributed by atoms with van der Waals surface area (Å²) in [6, 6.07) is 19.0. The molecule has 0 aliphatic rings. The van der Waals surface area contributed by atoms with Crippen molar-refractivity contribution in [1.29, 1.82) is 0 Å². The third kappa shape index (κ3) is 28.1. The van der Waals surface area contributed by atoms with E-state index in [1.807, 2.05) is 12.1 Å². The van der Waals surface area contributed by atoms with Gasteiger partial charge in [0.15, 0.2) is 0 Å². The summed E-state index contributed by atoms with van der Waals surface area (Å²) >= 11 is 0. The Morgan fingerprint density at radius 2 is 0.493 bits per heavy atom. The van der Waals surface area contributed by atoms with Crippen LogP contribution in [0.2, 0.25) is 0 Å². The predicted octanol–water partition coefficient (Wildman–Crippen LogP) is 19.4. The van der Waals surface area contributed by atoms with Crippen molar-refractivity contribution in [2.45, 2.75) is 294 Å². The Hall–Kier alpha value is -1.52. The molecule has 0 aliphatic carbocycles.